The lowest BCUT2D eigenvalue weighted by Crippen LogP contribution is -2.54. The third-order valence-corrected chi connectivity index (χ3v) is 5.31. The molecular weight excluding hydrogens is 348 g/mol. The lowest BCUT2D eigenvalue weighted by Gasteiger charge is -2.34. The lowest BCUT2D eigenvalue weighted by atomic mass is 10.2. The largest absolute Gasteiger partial charge is 0.497 e. The molecule has 2 rings (SSSR count). The van der Waals surface area contributed by atoms with Crippen molar-refractivity contribution in [3.05, 3.63) is 24.3 Å². The maximum Gasteiger partial charge on any atom is 0.410 e. The molecule has 1 aliphatic heterocycles. The fraction of sp³-hybridized carbons (Fsp3) is 0.500. The number of sulfonamides is 1. The number of carbonyl (C=O) groups excluding carboxylic acids is 2. The lowest BCUT2D eigenvalue weighted by molar-refractivity contribution is -0.130. The Kier molecular flexibility index (Phi) is 5.26. The van der Waals surface area contributed by atoms with E-state index in [4.69, 9.17) is 9.47 Å². The van der Waals surface area contributed by atoms with Gasteiger partial charge in [0.2, 0.25) is 0 Å². The molecule has 0 spiro atoms. The molecule has 0 aromatic heterocycles. The van der Waals surface area contributed by atoms with E-state index < -0.39 is 27.6 Å². The van der Waals surface area contributed by atoms with Gasteiger partial charge in [0.05, 0.1) is 18.6 Å². The zero-order chi connectivity index (χ0) is 18.8. The quantitative estimate of drug-likeness (QED) is 0.800. The van der Waals surface area contributed by atoms with Crippen LogP contribution in [0.1, 0.15) is 20.8 Å². The molecule has 0 saturated carbocycles. The second kappa shape index (κ2) is 6.91. The number of hydrogen-bond donors (Lipinski definition) is 0. The van der Waals surface area contributed by atoms with Crippen molar-refractivity contribution in [3.8, 4) is 5.75 Å². The van der Waals surface area contributed by atoms with Crippen molar-refractivity contribution in [3.63, 3.8) is 0 Å². The summed E-state index contributed by atoms with van der Waals surface area (Å²) in [4.78, 5) is 25.5. The summed E-state index contributed by atoms with van der Waals surface area (Å²) in [5.41, 5.74) is -0.688. The van der Waals surface area contributed by atoms with Crippen molar-refractivity contribution in [1.29, 1.82) is 0 Å². The molecule has 138 valence electrons. The van der Waals surface area contributed by atoms with Gasteiger partial charge in [-0.15, -0.1) is 0 Å². The Bertz CT molecular complexity index is 752. The molecule has 1 aliphatic rings. The number of rotatable bonds is 3. The molecule has 0 radical (unpaired) electrons. The van der Waals surface area contributed by atoms with Crippen LogP contribution in [0.5, 0.6) is 5.75 Å². The van der Waals surface area contributed by atoms with E-state index in [9.17, 15) is 18.0 Å². The van der Waals surface area contributed by atoms with E-state index in [1.807, 2.05) is 0 Å². The molecule has 0 atom stereocenters. The van der Waals surface area contributed by atoms with E-state index >= 15 is 0 Å². The van der Waals surface area contributed by atoms with E-state index in [0.29, 0.717) is 5.75 Å². The van der Waals surface area contributed by atoms with Crippen molar-refractivity contribution in [2.45, 2.75) is 31.3 Å². The number of ether oxygens (including phenoxy) is 2. The van der Waals surface area contributed by atoms with Gasteiger partial charge in [-0.05, 0) is 45.0 Å². The SMILES string of the molecule is COc1ccc(S(=O)(=O)N2CCN(C(=O)OC(C)(C)C)CC2=O)cc1. The molecule has 0 N–H and O–H groups in total. The average Bonchev–Trinajstić information content (AvgIpc) is 2.53. The predicted octanol–water partition coefficient (Wildman–Crippen LogP) is 1.46. The third kappa shape index (κ3) is 4.41. The van der Waals surface area contributed by atoms with Crippen LogP contribution >= 0.6 is 0 Å². The molecule has 1 aromatic carbocycles. The molecule has 8 nitrogen and oxygen atoms in total. The Morgan fingerprint density at radius 3 is 2.20 bits per heavy atom. The Hall–Kier alpha value is -2.29. The molecule has 9 heteroatoms. The van der Waals surface area contributed by atoms with Crippen molar-refractivity contribution in [1.82, 2.24) is 9.21 Å². The molecule has 2 amide bonds. The minimum Gasteiger partial charge on any atom is -0.497 e. The molecule has 1 saturated heterocycles. The number of hydrogen-bond acceptors (Lipinski definition) is 6. The summed E-state index contributed by atoms with van der Waals surface area (Å²) in [6.45, 7) is 4.78. The molecule has 1 heterocycles. The van der Waals surface area contributed by atoms with Crippen LogP contribution in [0.3, 0.4) is 0 Å². The number of nitrogens with zero attached hydrogens (tertiary/aromatic N) is 2. The van der Waals surface area contributed by atoms with E-state index in [2.05, 4.69) is 0 Å². The number of piperazine rings is 1. The third-order valence-electron chi connectivity index (χ3n) is 3.48. The predicted molar refractivity (Wildman–Crippen MR) is 89.7 cm³/mol. The number of methoxy groups -OCH3 is 1. The summed E-state index contributed by atoms with van der Waals surface area (Å²) in [5, 5.41) is 0. The summed E-state index contributed by atoms with van der Waals surface area (Å²) < 4.78 is 36.3. The van der Waals surface area contributed by atoms with E-state index in [1.165, 1.54) is 36.3 Å². The second-order valence-electron chi connectivity index (χ2n) is 6.55. The zero-order valence-corrected chi connectivity index (χ0v) is 15.5. The van der Waals surface area contributed by atoms with Crippen LogP contribution in [0.4, 0.5) is 4.79 Å². The summed E-state index contributed by atoms with van der Waals surface area (Å²) in [6, 6.07) is 5.77. The Morgan fingerprint density at radius 2 is 1.72 bits per heavy atom. The molecule has 0 unspecified atom stereocenters. The van der Waals surface area contributed by atoms with Gasteiger partial charge < -0.3 is 9.47 Å². The first-order valence-corrected chi connectivity index (χ1v) is 9.16. The zero-order valence-electron chi connectivity index (χ0n) is 14.7. The van der Waals surface area contributed by atoms with Crippen LogP contribution in [0.15, 0.2) is 29.2 Å². The highest BCUT2D eigenvalue weighted by Crippen LogP contribution is 2.22. The Labute approximate surface area is 147 Å². The molecule has 0 aliphatic carbocycles. The van der Waals surface area contributed by atoms with Gasteiger partial charge in [0.1, 0.15) is 17.9 Å². The Balaban J connectivity index is 2.12. The number of amides is 2. The minimum absolute atomic E-state index is 0.00707. The van der Waals surface area contributed by atoms with Crippen molar-refractivity contribution in [2.24, 2.45) is 0 Å². The van der Waals surface area contributed by atoms with Crippen LogP contribution in [0, 0.1) is 0 Å². The van der Waals surface area contributed by atoms with Crippen LogP contribution in [-0.2, 0) is 19.6 Å². The summed E-state index contributed by atoms with van der Waals surface area (Å²) in [5.74, 6) is -0.159. The number of carbonyl (C=O) groups is 2. The van der Waals surface area contributed by atoms with Gasteiger partial charge in [-0.1, -0.05) is 0 Å². The van der Waals surface area contributed by atoms with Crippen LogP contribution in [0.25, 0.3) is 0 Å². The molecular formula is C16H22N2O6S. The van der Waals surface area contributed by atoms with E-state index in [-0.39, 0.29) is 24.5 Å². The second-order valence-corrected chi connectivity index (χ2v) is 8.41. The smallest absolute Gasteiger partial charge is 0.410 e. The van der Waals surface area contributed by atoms with Crippen molar-refractivity contribution < 1.29 is 27.5 Å². The minimum atomic E-state index is -3.97. The first-order valence-electron chi connectivity index (χ1n) is 7.72. The van der Waals surface area contributed by atoms with Crippen LogP contribution in [-0.4, -0.2) is 62.0 Å². The molecule has 25 heavy (non-hydrogen) atoms. The normalized spacial score (nSPS) is 15.9. The molecule has 1 aromatic rings. The topological polar surface area (TPSA) is 93.2 Å². The molecule has 1 fully saturated rings. The highest BCUT2D eigenvalue weighted by molar-refractivity contribution is 7.89. The van der Waals surface area contributed by atoms with Crippen molar-refractivity contribution >= 4 is 22.0 Å². The Morgan fingerprint density at radius 1 is 1.12 bits per heavy atom. The van der Waals surface area contributed by atoms with Gasteiger partial charge in [-0.3, -0.25) is 9.69 Å². The highest BCUT2D eigenvalue weighted by Gasteiger charge is 2.36. The summed E-state index contributed by atoms with van der Waals surface area (Å²) >= 11 is 0. The fourth-order valence-electron chi connectivity index (χ4n) is 2.27. The highest BCUT2D eigenvalue weighted by atomic mass is 32.2. The maximum absolute atomic E-state index is 12.6. The van der Waals surface area contributed by atoms with Crippen LogP contribution < -0.4 is 4.74 Å². The number of benzene rings is 1. The monoisotopic (exact) mass is 370 g/mol. The van der Waals surface area contributed by atoms with Gasteiger partial charge in [-0.2, -0.15) is 0 Å². The molecule has 0 bridgehead atoms. The van der Waals surface area contributed by atoms with Gasteiger partial charge in [0.15, 0.2) is 0 Å². The summed E-state index contributed by atoms with van der Waals surface area (Å²) in [7, 11) is -2.50. The van der Waals surface area contributed by atoms with Crippen LogP contribution in [0.2, 0.25) is 0 Å². The van der Waals surface area contributed by atoms with Gasteiger partial charge >= 0.3 is 6.09 Å². The van der Waals surface area contributed by atoms with E-state index in [0.717, 1.165) is 4.31 Å². The summed E-state index contributed by atoms with van der Waals surface area (Å²) in [6.07, 6.45) is -0.637. The maximum atomic E-state index is 12.6. The van der Waals surface area contributed by atoms with Gasteiger partial charge in [-0.25, -0.2) is 17.5 Å². The average molecular weight is 370 g/mol. The van der Waals surface area contributed by atoms with Gasteiger partial charge in [0, 0.05) is 6.54 Å². The fourth-order valence-corrected chi connectivity index (χ4v) is 3.65. The standard InChI is InChI=1S/C16H22N2O6S/c1-16(2,3)24-15(20)17-9-10-18(14(19)11-17)25(21,22)13-7-5-12(23-4)6-8-13/h5-8H,9-11H2,1-4H3. The van der Waals surface area contributed by atoms with E-state index in [1.54, 1.807) is 20.8 Å². The first kappa shape index (κ1) is 19.0. The van der Waals surface area contributed by atoms with Crippen molar-refractivity contribution in [2.75, 3.05) is 26.7 Å². The van der Waals surface area contributed by atoms with Gasteiger partial charge in [0.25, 0.3) is 15.9 Å². The first-order chi connectivity index (χ1) is 11.5.